The van der Waals surface area contributed by atoms with Crippen LogP contribution in [0.2, 0.25) is 5.02 Å². The molecule has 0 heterocycles. The molecule has 0 aromatic heterocycles. The predicted molar refractivity (Wildman–Crippen MR) is 102 cm³/mol. The highest BCUT2D eigenvalue weighted by molar-refractivity contribution is 6.31. The maximum absolute atomic E-state index is 12.2. The van der Waals surface area contributed by atoms with E-state index in [0.29, 0.717) is 16.5 Å². The summed E-state index contributed by atoms with van der Waals surface area (Å²) < 4.78 is 5.21. The average molecular weight is 397 g/mol. The van der Waals surface area contributed by atoms with Gasteiger partial charge in [0, 0.05) is 24.1 Å². The molecule has 1 aliphatic rings. The normalized spacial score (nSPS) is 15.2. The first kappa shape index (κ1) is 21.0. The van der Waals surface area contributed by atoms with Gasteiger partial charge in [0.1, 0.15) is 11.7 Å². The third-order valence-corrected chi connectivity index (χ3v) is 5.23. The lowest BCUT2D eigenvalue weighted by atomic mass is 9.90. The van der Waals surface area contributed by atoms with E-state index in [1.807, 2.05) is 6.92 Å². The monoisotopic (exact) mass is 396 g/mol. The minimum atomic E-state index is -1.11. The van der Waals surface area contributed by atoms with Crippen LogP contribution in [0.4, 0.5) is 5.69 Å². The van der Waals surface area contributed by atoms with Gasteiger partial charge < -0.3 is 20.5 Å². The van der Waals surface area contributed by atoms with Crippen molar-refractivity contribution in [3.8, 4) is 5.75 Å². The van der Waals surface area contributed by atoms with Crippen LogP contribution in [0.25, 0.3) is 0 Å². The summed E-state index contributed by atoms with van der Waals surface area (Å²) in [5.74, 6) is -2.68. The van der Waals surface area contributed by atoms with Gasteiger partial charge in [-0.25, -0.2) is 0 Å². The van der Waals surface area contributed by atoms with Gasteiger partial charge in [-0.1, -0.05) is 24.4 Å². The van der Waals surface area contributed by atoms with Crippen LogP contribution < -0.4 is 15.4 Å². The van der Waals surface area contributed by atoms with E-state index < -0.39 is 17.8 Å². The first-order valence-electron chi connectivity index (χ1n) is 8.98. The zero-order chi connectivity index (χ0) is 20.0. The van der Waals surface area contributed by atoms with Crippen molar-refractivity contribution in [2.24, 2.45) is 11.8 Å². The number of aryl methyl sites for hydroxylation is 1. The molecule has 1 aromatic carbocycles. The molecular weight excluding hydrogens is 372 g/mol. The number of ether oxygens (including phenoxy) is 1. The molecule has 1 fully saturated rings. The Balaban J connectivity index is 1.87. The van der Waals surface area contributed by atoms with Gasteiger partial charge in [-0.2, -0.15) is 0 Å². The molecular formula is C19H25ClN2O5. The summed E-state index contributed by atoms with van der Waals surface area (Å²) in [4.78, 5) is 35.8. The van der Waals surface area contributed by atoms with Crippen LogP contribution in [0.15, 0.2) is 12.1 Å². The predicted octanol–water partition coefficient (Wildman–Crippen LogP) is 2.99. The number of carboxylic acid groups (broad SMARTS) is 1. The number of carbonyl (C=O) groups is 3. The lowest BCUT2D eigenvalue weighted by Crippen LogP contribution is -2.40. The third-order valence-electron chi connectivity index (χ3n) is 4.83. The molecule has 7 nitrogen and oxygen atoms in total. The maximum Gasteiger partial charge on any atom is 0.316 e. The van der Waals surface area contributed by atoms with E-state index in [4.69, 9.17) is 16.3 Å². The van der Waals surface area contributed by atoms with E-state index in [9.17, 15) is 19.5 Å². The Morgan fingerprint density at radius 2 is 1.96 bits per heavy atom. The molecule has 148 valence electrons. The Hall–Kier alpha value is -2.28. The van der Waals surface area contributed by atoms with Crippen molar-refractivity contribution in [2.75, 3.05) is 19.0 Å². The summed E-state index contributed by atoms with van der Waals surface area (Å²) in [6, 6.07) is 3.32. The molecule has 0 aliphatic heterocycles. The van der Waals surface area contributed by atoms with Crippen molar-refractivity contribution in [1.82, 2.24) is 5.32 Å². The zero-order valence-corrected chi connectivity index (χ0v) is 16.3. The quantitative estimate of drug-likeness (QED) is 0.586. The number of carboxylic acids is 1. The number of benzene rings is 1. The van der Waals surface area contributed by atoms with Crippen molar-refractivity contribution in [2.45, 2.75) is 39.0 Å². The SMILES string of the molecule is COc1cc(Cl)c(C)cc1NC(=O)CCNC(=O)C(C(=O)O)C1CCCC1. The summed E-state index contributed by atoms with van der Waals surface area (Å²) in [6.45, 7) is 1.88. The first-order chi connectivity index (χ1) is 12.8. The number of nitrogens with one attached hydrogen (secondary N) is 2. The molecule has 27 heavy (non-hydrogen) atoms. The minimum Gasteiger partial charge on any atom is -0.495 e. The van der Waals surface area contributed by atoms with Crippen LogP contribution in [-0.4, -0.2) is 36.5 Å². The summed E-state index contributed by atoms with van der Waals surface area (Å²) >= 11 is 6.04. The Labute approximate surface area is 163 Å². The Kier molecular flexibility index (Phi) is 7.47. The second-order valence-corrected chi connectivity index (χ2v) is 7.16. The van der Waals surface area contributed by atoms with Gasteiger partial charge in [-0.05, 0) is 37.3 Å². The fourth-order valence-electron chi connectivity index (χ4n) is 3.37. The van der Waals surface area contributed by atoms with Crippen molar-refractivity contribution in [1.29, 1.82) is 0 Å². The Morgan fingerprint density at radius 1 is 1.30 bits per heavy atom. The zero-order valence-electron chi connectivity index (χ0n) is 15.5. The molecule has 3 N–H and O–H groups in total. The molecule has 1 unspecified atom stereocenters. The Bertz CT molecular complexity index is 716. The highest BCUT2D eigenvalue weighted by Gasteiger charge is 2.36. The number of carbonyl (C=O) groups excluding carboxylic acids is 2. The van der Waals surface area contributed by atoms with Gasteiger partial charge in [0.2, 0.25) is 11.8 Å². The molecule has 8 heteroatoms. The van der Waals surface area contributed by atoms with Gasteiger partial charge in [-0.3, -0.25) is 14.4 Å². The lowest BCUT2D eigenvalue weighted by Gasteiger charge is -2.18. The molecule has 0 radical (unpaired) electrons. The smallest absolute Gasteiger partial charge is 0.316 e. The van der Waals surface area contributed by atoms with E-state index in [1.54, 1.807) is 12.1 Å². The number of aliphatic carboxylic acids is 1. The number of methoxy groups -OCH3 is 1. The number of halogens is 1. The number of amides is 2. The molecule has 1 aliphatic carbocycles. The number of hydrogen-bond acceptors (Lipinski definition) is 4. The number of anilines is 1. The van der Waals surface area contributed by atoms with Crippen molar-refractivity contribution in [3.63, 3.8) is 0 Å². The molecule has 2 amide bonds. The van der Waals surface area contributed by atoms with Crippen LogP contribution in [-0.2, 0) is 14.4 Å². The van der Waals surface area contributed by atoms with Crippen LogP contribution in [0.5, 0.6) is 5.75 Å². The average Bonchev–Trinajstić information content (AvgIpc) is 3.11. The molecule has 0 spiro atoms. The van der Waals surface area contributed by atoms with Gasteiger partial charge in [0.15, 0.2) is 0 Å². The third kappa shape index (κ3) is 5.60. The van der Waals surface area contributed by atoms with Crippen molar-refractivity contribution in [3.05, 3.63) is 22.7 Å². The summed E-state index contributed by atoms with van der Waals surface area (Å²) in [5.41, 5.74) is 1.28. The summed E-state index contributed by atoms with van der Waals surface area (Å²) in [5, 5.41) is 15.2. The van der Waals surface area contributed by atoms with E-state index in [2.05, 4.69) is 10.6 Å². The first-order valence-corrected chi connectivity index (χ1v) is 9.35. The van der Waals surface area contributed by atoms with E-state index in [1.165, 1.54) is 7.11 Å². The second-order valence-electron chi connectivity index (χ2n) is 6.75. The fraction of sp³-hybridized carbons (Fsp3) is 0.526. The molecule has 1 saturated carbocycles. The summed E-state index contributed by atoms with van der Waals surface area (Å²) in [6.07, 6.45) is 3.42. The van der Waals surface area contributed by atoms with Crippen LogP contribution in [0.1, 0.15) is 37.7 Å². The Morgan fingerprint density at radius 3 is 2.56 bits per heavy atom. The van der Waals surface area contributed by atoms with E-state index in [0.717, 1.165) is 31.2 Å². The minimum absolute atomic E-state index is 0.0214. The molecule has 2 rings (SSSR count). The number of hydrogen-bond donors (Lipinski definition) is 3. The van der Waals surface area contributed by atoms with Crippen LogP contribution in [0.3, 0.4) is 0 Å². The largest absolute Gasteiger partial charge is 0.495 e. The van der Waals surface area contributed by atoms with Gasteiger partial charge >= 0.3 is 5.97 Å². The second kappa shape index (κ2) is 9.60. The van der Waals surface area contributed by atoms with Crippen molar-refractivity contribution >= 4 is 35.1 Å². The molecule has 1 atom stereocenters. The highest BCUT2D eigenvalue weighted by Crippen LogP contribution is 2.32. The molecule has 1 aromatic rings. The number of rotatable bonds is 8. The molecule has 0 saturated heterocycles. The fourth-order valence-corrected chi connectivity index (χ4v) is 3.52. The maximum atomic E-state index is 12.2. The van der Waals surface area contributed by atoms with Gasteiger partial charge in [0.25, 0.3) is 0 Å². The van der Waals surface area contributed by atoms with Crippen LogP contribution in [0, 0.1) is 18.8 Å². The summed E-state index contributed by atoms with van der Waals surface area (Å²) in [7, 11) is 1.48. The van der Waals surface area contributed by atoms with Crippen molar-refractivity contribution < 1.29 is 24.2 Å². The van der Waals surface area contributed by atoms with E-state index in [-0.39, 0.29) is 24.8 Å². The molecule has 0 bridgehead atoms. The van der Waals surface area contributed by atoms with E-state index >= 15 is 0 Å². The van der Waals surface area contributed by atoms with Crippen LogP contribution >= 0.6 is 11.6 Å². The standard InChI is InChI=1S/C19H25ClN2O5/c1-11-9-14(15(27-2)10-13(11)20)22-16(23)7-8-21-18(24)17(19(25)26)12-5-3-4-6-12/h9-10,12,17H,3-8H2,1-2H3,(H,21,24)(H,22,23)(H,25,26). The lowest BCUT2D eigenvalue weighted by molar-refractivity contribution is -0.149. The topological polar surface area (TPSA) is 105 Å². The van der Waals surface area contributed by atoms with Gasteiger partial charge in [0.05, 0.1) is 12.8 Å². The highest BCUT2D eigenvalue weighted by atomic mass is 35.5. The van der Waals surface area contributed by atoms with Gasteiger partial charge in [-0.15, -0.1) is 0 Å².